The number of fused-ring (bicyclic) bond motifs is 2. The molecule has 0 unspecified atom stereocenters. The van der Waals surface area contributed by atoms with Crippen molar-refractivity contribution >= 4 is 11.6 Å². The van der Waals surface area contributed by atoms with E-state index in [1.807, 2.05) is 13.8 Å². The number of ketones is 2. The molecule has 0 heterocycles. The van der Waals surface area contributed by atoms with E-state index < -0.39 is 0 Å². The van der Waals surface area contributed by atoms with E-state index in [0.29, 0.717) is 45.6 Å². The summed E-state index contributed by atoms with van der Waals surface area (Å²) in [5, 5.41) is 0. The lowest BCUT2D eigenvalue weighted by atomic mass is 9.38. The van der Waals surface area contributed by atoms with Crippen LogP contribution in [0.3, 0.4) is 0 Å². The molecule has 0 aliphatic heterocycles. The number of carbonyl (C=O) groups excluding carboxylic acids is 2. The van der Waals surface area contributed by atoms with E-state index in [0.717, 1.165) is 25.2 Å². The maximum atomic E-state index is 13.0. The largest absolute Gasteiger partial charge is 0.299 e. The fraction of sp³-hybridized carbons (Fsp3) is 0.871. The van der Waals surface area contributed by atoms with Gasteiger partial charge in [0.2, 0.25) is 0 Å². The summed E-state index contributed by atoms with van der Waals surface area (Å²) >= 11 is 0. The Morgan fingerprint density at radius 3 is 2.30 bits per heavy atom. The van der Waals surface area contributed by atoms with Gasteiger partial charge in [0.25, 0.3) is 0 Å². The Hall–Kier alpha value is -0.920. The van der Waals surface area contributed by atoms with E-state index in [9.17, 15) is 9.59 Å². The summed E-state index contributed by atoms with van der Waals surface area (Å²) in [5.41, 5.74) is 2.85. The minimum absolute atomic E-state index is 0.131. The van der Waals surface area contributed by atoms with Gasteiger partial charge in [0.15, 0.2) is 0 Å². The predicted octanol–water partition coefficient (Wildman–Crippen LogP) is 7.95. The molecule has 0 aromatic rings. The van der Waals surface area contributed by atoms with Crippen molar-refractivity contribution in [3.05, 3.63) is 12.2 Å². The Morgan fingerprint density at radius 2 is 1.64 bits per heavy atom. The van der Waals surface area contributed by atoms with Crippen molar-refractivity contribution < 1.29 is 9.59 Å². The quantitative estimate of drug-likeness (QED) is 0.397. The fourth-order valence-corrected chi connectivity index (χ4v) is 10.9. The van der Waals surface area contributed by atoms with Crippen LogP contribution >= 0.6 is 0 Å². The highest BCUT2D eigenvalue weighted by atomic mass is 16.1. The molecule has 5 rings (SSSR count). The number of hydrogen-bond acceptors (Lipinski definition) is 2. The molecular weight excluding hydrogens is 404 g/mol. The van der Waals surface area contributed by atoms with E-state index in [1.165, 1.54) is 50.5 Å². The molecule has 0 aromatic carbocycles. The van der Waals surface area contributed by atoms with Crippen molar-refractivity contribution in [1.29, 1.82) is 0 Å². The number of rotatable bonds is 5. The Kier molecular flexibility index (Phi) is 4.94. The van der Waals surface area contributed by atoms with Crippen LogP contribution in [0.25, 0.3) is 0 Å². The normalized spacial score (nSPS) is 49.6. The van der Waals surface area contributed by atoms with Crippen molar-refractivity contribution in [2.75, 3.05) is 0 Å². The molecule has 0 radical (unpaired) electrons. The number of hydrogen-bond donors (Lipinski definition) is 0. The first kappa shape index (κ1) is 23.8. The van der Waals surface area contributed by atoms with Crippen molar-refractivity contribution in [1.82, 2.24) is 0 Å². The van der Waals surface area contributed by atoms with E-state index in [4.69, 9.17) is 0 Å². The molecule has 5 aliphatic rings. The lowest BCUT2D eigenvalue weighted by Crippen LogP contribution is -2.60. The highest BCUT2D eigenvalue weighted by molar-refractivity contribution is 5.86. The monoisotopic (exact) mass is 452 g/mol. The lowest BCUT2D eigenvalue weighted by molar-refractivity contribution is -0.178. The molecule has 5 saturated carbocycles. The van der Waals surface area contributed by atoms with E-state index in [-0.39, 0.29) is 16.7 Å². The Morgan fingerprint density at radius 1 is 0.939 bits per heavy atom. The van der Waals surface area contributed by atoms with Gasteiger partial charge in [0.05, 0.1) is 0 Å². The summed E-state index contributed by atoms with van der Waals surface area (Å²) < 4.78 is 0. The second-order valence-electron chi connectivity index (χ2n) is 14.6. The Balaban J connectivity index is 1.43. The van der Waals surface area contributed by atoms with Crippen LogP contribution in [0.4, 0.5) is 0 Å². The second kappa shape index (κ2) is 6.85. The van der Waals surface area contributed by atoms with Crippen LogP contribution in [0.5, 0.6) is 0 Å². The third kappa shape index (κ3) is 2.57. The van der Waals surface area contributed by atoms with Crippen LogP contribution in [0.1, 0.15) is 119 Å². The first-order valence-corrected chi connectivity index (χ1v) is 14.0. The molecule has 33 heavy (non-hydrogen) atoms. The summed E-state index contributed by atoms with van der Waals surface area (Å²) in [6.07, 6.45) is 12.6. The molecule has 0 amide bonds. The average Bonchev–Trinajstić information content (AvgIpc) is 3.34. The molecule has 0 N–H and O–H groups in total. The molecule has 5 aliphatic carbocycles. The zero-order chi connectivity index (χ0) is 24.2. The maximum Gasteiger partial charge on any atom is 0.139 e. The molecule has 2 nitrogen and oxygen atoms in total. The minimum Gasteiger partial charge on any atom is -0.299 e. The van der Waals surface area contributed by atoms with Crippen molar-refractivity contribution in [3.63, 3.8) is 0 Å². The van der Waals surface area contributed by atoms with Crippen LogP contribution in [0.15, 0.2) is 12.2 Å². The Labute approximate surface area is 202 Å². The van der Waals surface area contributed by atoms with E-state index in [1.54, 1.807) is 0 Å². The third-order valence-electron chi connectivity index (χ3n) is 13.7. The number of carbonyl (C=O) groups is 2. The number of allylic oxidation sites excluding steroid dienone is 1. The summed E-state index contributed by atoms with van der Waals surface area (Å²) in [5.74, 6) is 2.37. The fourth-order valence-electron chi connectivity index (χ4n) is 10.9. The van der Waals surface area contributed by atoms with Crippen molar-refractivity contribution in [3.8, 4) is 0 Å². The van der Waals surface area contributed by atoms with Gasteiger partial charge in [-0.2, -0.15) is 0 Å². The van der Waals surface area contributed by atoms with Gasteiger partial charge >= 0.3 is 0 Å². The van der Waals surface area contributed by atoms with Crippen molar-refractivity contribution in [2.24, 2.45) is 50.2 Å². The Bertz CT molecular complexity index is 912. The zero-order valence-corrected chi connectivity index (χ0v) is 22.5. The molecule has 0 saturated heterocycles. The maximum absolute atomic E-state index is 13.0. The third-order valence-corrected chi connectivity index (χ3v) is 13.7. The van der Waals surface area contributed by atoms with Crippen LogP contribution < -0.4 is 0 Å². The molecule has 0 aromatic heterocycles. The smallest absolute Gasteiger partial charge is 0.139 e. The lowest BCUT2D eigenvalue weighted by Gasteiger charge is -2.65. The van der Waals surface area contributed by atoms with Crippen LogP contribution in [0.2, 0.25) is 0 Å². The molecule has 2 heteroatoms. The predicted molar refractivity (Wildman–Crippen MR) is 135 cm³/mol. The topological polar surface area (TPSA) is 34.1 Å². The van der Waals surface area contributed by atoms with Gasteiger partial charge in [-0.25, -0.2) is 0 Å². The van der Waals surface area contributed by atoms with Crippen LogP contribution in [0, 0.1) is 50.2 Å². The molecule has 7 atom stereocenters. The summed E-state index contributed by atoms with van der Waals surface area (Å²) in [6, 6.07) is 0. The average molecular weight is 453 g/mol. The van der Waals surface area contributed by atoms with Crippen LogP contribution in [-0.2, 0) is 9.59 Å². The molecule has 0 bridgehead atoms. The molecule has 5 fully saturated rings. The van der Waals surface area contributed by atoms with Gasteiger partial charge < -0.3 is 0 Å². The first-order valence-electron chi connectivity index (χ1n) is 14.0. The van der Waals surface area contributed by atoms with E-state index >= 15 is 0 Å². The molecule has 184 valence electrons. The van der Waals surface area contributed by atoms with Gasteiger partial charge in [-0.05, 0) is 96.7 Å². The van der Waals surface area contributed by atoms with Gasteiger partial charge in [-0.1, -0.05) is 60.6 Å². The molecule has 2 spiro atoms. The molecular formula is C31H48O2. The van der Waals surface area contributed by atoms with Crippen LogP contribution in [-0.4, -0.2) is 11.6 Å². The minimum atomic E-state index is -0.184. The van der Waals surface area contributed by atoms with Gasteiger partial charge in [-0.15, -0.1) is 0 Å². The van der Waals surface area contributed by atoms with Crippen molar-refractivity contribution in [2.45, 2.75) is 119 Å². The zero-order valence-electron chi connectivity index (χ0n) is 22.5. The van der Waals surface area contributed by atoms with Gasteiger partial charge in [0.1, 0.15) is 11.6 Å². The first-order chi connectivity index (χ1) is 15.2. The standard InChI is InChI=1S/C31H48O2/c1-20(2)23(32)10-9-21(3)22-11-14-28(7)24-12-15-29(8)26(4,5)25(33)13-16-31(29)19-30(24,31)18-17-27(22,28)6/h20,22,24H,3,9-19H2,1-2,4-8H3/t22-,24+,27-,28+,29+,30+,31-/m1/s1. The number of Topliss-reactive ketones (excluding diaryl/α,β-unsaturated/α-hetero) is 2. The SMILES string of the molecule is C=C(CCC(=O)C(C)C)[C@H]1CC[C@@]2(C)[C@@H]3CC[C@@]4(C)C(C)(C)C(=O)CC[C@@]45C[C@@]35CC[C@]12C. The van der Waals surface area contributed by atoms with E-state index in [2.05, 4.69) is 41.2 Å². The highest BCUT2D eigenvalue weighted by Gasteiger charge is 2.85. The highest BCUT2D eigenvalue weighted by Crippen LogP contribution is 2.91. The summed E-state index contributed by atoms with van der Waals surface area (Å²) in [6.45, 7) is 20.9. The second-order valence-corrected chi connectivity index (χ2v) is 14.6. The summed E-state index contributed by atoms with van der Waals surface area (Å²) in [7, 11) is 0. The summed E-state index contributed by atoms with van der Waals surface area (Å²) in [4.78, 5) is 25.3. The van der Waals surface area contributed by atoms with Gasteiger partial charge in [-0.3, -0.25) is 9.59 Å². The van der Waals surface area contributed by atoms with Gasteiger partial charge in [0, 0.05) is 24.2 Å².